The van der Waals surface area contributed by atoms with Gasteiger partial charge in [0, 0.05) is 18.6 Å². The predicted octanol–water partition coefficient (Wildman–Crippen LogP) is 2.89. The van der Waals surface area contributed by atoms with E-state index in [0.717, 1.165) is 39.0 Å². The Hall–Kier alpha value is -0.120. The molecule has 1 aliphatic rings. The van der Waals surface area contributed by atoms with Gasteiger partial charge in [0.05, 0.1) is 6.61 Å². The number of nitrogens with zero attached hydrogens (tertiary/aromatic N) is 1. The van der Waals surface area contributed by atoms with Gasteiger partial charge in [0.1, 0.15) is 0 Å². The van der Waals surface area contributed by atoms with Crippen molar-refractivity contribution in [1.82, 2.24) is 10.2 Å². The first-order chi connectivity index (χ1) is 9.17. The number of rotatable bonds is 7. The number of aliphatic hydroxyl groups excluding tert-OH is 1. The molecule has 0 saturated heterocycles. The SMILES string of the molecule is CCN(CC)CCNC1(CO)CC(C)(C)CC(C)(C)C1. The zero-order valence-corrected chi connectivity index (χ0v) is 14.6. The van der Waals surface area contributed by atoms with Crippen LogP contribution >= 0.6 is 0 Å². The van der Waals surface area contributed by atoms with Crippen molar-refractivity contribution in [3.8, 4) is 0 Å². The molecule has 0 heterocycles. The second kappa shape index (κ2) is 6.76. The van der Waals surface area contributed by atoms with Crippen LogP contribution in [-0.4, -0.2) is 48.3 Å². The molecule has 0 spiro atoms. The fraction of sp³-hybridized carbons (Fsp3) is 1.00. The third-order valence-corrected chi connectivity index (χ3v) is 4.72. The van der Waals surface area contributed by atoms with Gasteiger partial charge in [-0.2, -0.15) is 0 Å². The molecule has 1 aliphatic carbocycles. The molecule has 0 radical (unpaired) electrons. The van der Waals surface area contributed by atoms with E-state index in [1.807, 2.05) is 0 Å². The summed E-state index contributed by atoms with van der Waals surface area (Å²) in [6.45, 7) is 18.2. The van der Waals surface area contributed by atoms with Gasteiger partial charge >= 0.3 is 0 Å². The Labute approximate surface area is 126 Å². The molecule has 0 aromatic rings. The van der Waals surface area contributed by atoms with Crippen LogP contribution < -0.4 is 5.32 Å². The van der Waals surface area contributed by atoms with E-state index in [-0.39, 0.29) is 12.1 Å². The Morgan fingerprint density at radius 1 is 0.950 bits per heavy atom. The maximum absolute atomic E-state index is 10.0. The second-order valence-corrected chi connectivity index (χ2v) is 8.25. The molecule has 0 atom stereocenters. The number of aliphatic hydroxyl groups is 1. The first-order valence-corrected chi connectivity index (χ1v) is 8.26. The highest BCUT2D eigenvalue weighted by Gasteiger charge is 2.46. The molecule has 0 aromatic heterocycles. The minimum atomic E-state index is -0.0988. The lowest BCUT2D eigenvalue weighted by atomic mass is 9.58. The van der Waals surface area contributed by atoms with Crippen molar-refractivity contribution < 1.29 is 5.11 Å². The van der Waals surface area contributed by atoms with Gasteiger partial charge in [0.15, 0.2) is 0 Å². The van der Waals surface area contributed by atoms with E-state index in [1.54, 1.807) is 0 Å². The quantitative estimate of drug-likeness (QED) is 0.754. The summed E-state index contributed by atoms with van der Waals surface area (Å²) >= 11 is 0. The Kier molecular flexibility index (Phi) is 6.06. The highest BCUT2D eigenvalue weighted by Crippen LogP contribution is 2.49. The maximum atomic E-state index is 10.0. The van der Waals surface area contributed by atoms with E-state index in [1.165, 1.54) is 6.42 Å². The fourth-order valence-corrected chi connectivity index (χ4v) is 4.63. The molecular formula is C17H36N2O. The molecule has 1 fully saturated rings. The minimum absolute atomic E-state index is 0.0988. The fourth-order valence-electron chi connectivity index (χ4n) is 4.63. The van der Waals surface area contributed by atoms with E-state index in [0.29, 0.717) is 10.8 Å². The molecule has 3 nitrogen and oxygen atoms in total. The van der Waals surface area contributed by atoms with Crippen molar-refractivity contribution in [3.63, 3.8) is 0 Å². The van der Waals surface area contributed by atoms with Crippen LogP contribution in [0, 0.1) is 10.8 Å². The Morgan fingerprint density at radius 3 is 1.85 bits per heavy atom. The summed E-state index contributed by atoms with van der Waals surface area (Å²) in [5, 5.41) is 13.7. The molecule has 0 unspecified atom stereocenters. The van der Waals surface area contributed by atoms with Gasteiger partial charge in [0.25, 0.3) is 0 Å². The molecule has 0 aliphatic heterocycles. The number of likely N-dealkylation sites (N-methyl/N-ethyl adjacent to an activating group) is 1. The topological polar surface area (TPSA) is 35.5 Å². The lowest BCUT2D eigenvalue weighted by Gasteiger charge is -2.52. The van der Waals surface area contributed by atoms with Crippen LogP contribution in [0.3, 0.4) is 0 Å². The molecular weight excluding hydrogens is 248 g/mol. The molecule has 0 aromatic carbocycles. The van der Waals surface area contributed by atoms with E-state index in [9.17, 15) is 5.11 Å². The first kappa shape index (κ1) is 17.9. The van der Waals surface area contributed by atoms with Crippen molar-refractivity contribution in [1.29, 1.82) is 0 Å². The van der Waals surface area contributed by atoms with Gasteiger partial charge in [-0.05, 0) is 43.2 Å². The molecule has 20 heavy (non-hydrogen) atoms. The molecule has 2 N–H and O–H groups in total. The molecule has 120 valence electrons. The van der Waals surface area contributed by atoms with Crippen LogP contribution in [0.5, 0.6) is 0 Å². The largest absolute Gasteiger partial charge is 0.394 e. The Bertz CT molecular complexity index is 279. The van der Waals surface area contributed by atoms with Crippen molar-refractivity contribution in [3.05, 3.63) is 0 Å². The second-order valence-electron chi connectivity index (χ2n) is 8.25. The first-order valence-electron chi connectivity index (χ1n) is 8.26. The average Bonchev–Trinajstić information content (AvgIpc) is 2.31. The summed E-state index contributed by atoms with van der Waals surface area (Å²) in [5.41, 5.74) is 0.498. The lowest BCUT2D eigenvalue weighted by molar-refractivity contribution is -0.00385. The van der Waals surface area contributed by atoms with Crippen molar-refractivity contribution >= 4 is 0 Å². The third-order valence-electron chi connectivity index (χ3n) is 4.72. The van der Waals surface area contributed by atoms with Crippen LogP contribution in [0.15, 0.2) is 0 Å². The highest BCUT2D eigenvalue weighted by atomic mass is 16.3. The van der Waals surface area contributed by atoms with Crippen LogP contribution in [0.2, 0.25) is 0 Å². The van der Waals surface area contributed by atoms with Crippen LogP contribution in [-0.2, 0) is 0 Å². The Morgan fingerprint density at radius 2 is 1.45 bits per heavy atom. The smallest absolute Gasteiger partial charge is 0.0613 e. The van der Waals surface area contributed by atoms with E-state index in [4.69, 9.17) is 0 Å². The Balaban J connectivity index is 2.66. The highest BCUT2D eigenvalue weighted by molar-refractivity contribution is 5.02. The van der Waals surface area contributed by atoms with E-state index in [2.05, 4.69) is 51.8 Å². The third kappa shape index (κ3) is 5.01. The van der Waals surface area contributed by atoms with Crippen LogP contribution in [0.4, 0.5) is 0 Å². The van der Waals surface area contributed by atoms with Gasteiger partial charge < -0.3 is 15.3 Å². The minimum Gasteiger partial charge on any atom is -0.394 e. The summed E-state index contributed by atoms with van der Waals surface area (Å²) < 4.78 is 0. The van der Waals surface area contributed by atoms with Gasteiger partial charge in [-0.15, -0.1) is 0 Å². The molecule has 0 amide bonds. The van der Waals surface area contributed by atoms with Crippen LogP contribution in [0.1, 0.15) is 60.8 Å². The summed E-state index contributed by atoms with van der Waals surface area (Å²) in [4.78, 5) is 2.43. The molecule has 3 heteroatoms. The maximum Gasteiger partial charge on any atom is 0.0613 e. The predicted molar refractivity (Wildman–Crippen MR) is 87.0 cm³/mol. The van der Waals surface area contributed by atoms with E-state index >= 15 is 0 Å². The number of nitrogens with one attached hydrogen (secondary N) is 1. The van der Waals surface area contributed by atoms with Gasteiger partial charge in [-0.1, -0.05) is 41.5 Å². The molecule has 1 saturated carbocycles. The normalized spacial score (nSPS) is 24.0. The van der Waals surface area contributed by atoms with Crippen molar-refractivity contribution in [2.24, 2.45) is 10.8 Å². The summed E-state index contributed by atoms with van der Waals surface area (Å²) in [6.07, 6.45) is 3.37. The number of hydrogen-bond donors (Lipinski definition) is 2. The van der Waals surface area contributed by atoms with Gasteiger partial charge in [-0.25, -0.2) is 0 Å². The zero-order chi connectivity index (χ0) is 15.4. The summed E-state index contributed by atoms with van der Waals surface area (Å²) in [6, 6.07) is 0. The van der Waals surface area contributed by atoms with Gasteiger partial charge in [-0.3, -0.25) is 0 Å². The monoisotopic (exact) mass is 284 g/mol. The van der Waals surface area contributed by atoms with Crippen molar-refractivity contribution in [2.75, 3.05) is 32.8 Å². The average molecular weight is 284 g/mol. The molecule has 1 rings (SSSR count). The summed E-state index contributed by atoms with van der Waals surface area (Å²) in [5.74, 6) is 0. The number of hydrogen-bond acceptors (Lipinski definition) is 3. The lowest BCUT2D eigenvalue weighted by Crippen LogP contribution is -2.58. The molecule has 0 bridgehead atoms. The zero-order valence-electron chi connectivity index (χ0n) is 14.6. The van der Waals surface area contributed by atoms with Crippen LogP contribution in [0.25, 0.3) is 0 Å². The summed E-state index contributed by atoms with van der Waals surface area (Å²) in [7, 11) is 0. The van der Waals surface area contributed by atoms with Gasteiger partial charge in [0.2, 0.25) is 0 Å². The standard InChI is InChI=1S/C17H36N2O/c1-7-19(8-2)10-9-18-17(14-20)12-15(3,4)11-16(5,6)13-17/h18,20H,7-14H2,1-6H3. The van der Waals surface area contributed by atoms with Crippen molar-refractivity contribution in [2.45, 2.75) is 66.3 Å². The van der Waals surface area contributed by atoms with E-state index < -0.39 is 0 Å².